The molecule has 5 aliphatic rings. The van der Waals surface area contributed by atoms with Crippen LogP contribution in [0.1, 0.15) is 103 Å². The number of amides is 3. The first-order chi connectivity index (χ1) is 22.7. The van der Waals surface area contributed by atoms with Crippen molar-refractivity contribution in [3.05, 3.63) is 11.8 Å². The van der Waals surface area contributed by atoms with Crippen LogP contribution < -0.4 is 21.3 Å². The highest BCUT2D eigenvalue weighted by Gasteiger charge is 2.34. The van der Waals surface area contributed by atoms with Gasteiger partial charge in [0.2, 0.25) is 5.91 Å². The topological polar surface area (TPSA) is 148 Å². The van der Waals surface area contributed by atoms with Gasteiger partial charge in [-0.25, -0.2) is 9.18 Å². The van der Waals surface area contributed by atoms with Gasteiger partial charge in [-0.05, 0) is 95.9 Å². The van der Waals surface area contributed by atoms with E-state index in [0.717, 1.165) is 83.0 Å². The van der Waals surface area contributed by atoms with Crippen LogP contribution in [0.3, 0.4) is 0 Å². The minimum atomic E-state index is -0.984. The third-order valence-electron chi connectivity index (χ3n) is 10.8. The molecule has 0 radical (unpaired) electrons. The molecule has 266 valence electrons. The molecule has 2 aliphatic carbocycles. The van der Waals surface area contributed by atoms with Gasteiger partial charge >= 0.3 is 6.03 Å². The van der Waals surface area contributed by atoms with Crippen molar-refractivity contribution < 1.29 is 28.9 Å². The molecule has 10 unspecified atom stereocenters. The SMILES string of the molecule is CC1CCCC(F)C(NC(=O)NC2=CCC(OC3CCNC(C4CC(C(=O)NCCCC(O)N5CCCC(O)C5)C=N4)CC3)CC2)C1. The summed E-state index contributed by atoms with van der Waals surface area (Å²) in [6.07, 6.45) is 14.1. The second-order valence-electron chi connectivity index (χ2n) is 14.7. The van der Waals surface area contributed by atoms with E-state index in [9.17, 15) is 24.2 Å². The van der Waals surface area contributed by atoms with Crippen LogP contribution in [0, 0.1) is 11.8 Å². The molecule has 0 aromatic heterocycles. The highest BCUT2D eigenvalue weighted by molar-refractivity contribution is 5.94. The zero-order valence-corrected chi connectivity index (χ0v) is 28.3. The number of allylic oxidation sites excluding steroid dienone is 1. The molecule has 0 spiro atoms. The molecule has 5 rings (SSSR count). The molecule has 10 atom stereocenters. The summed E-state index contributed by atoms with van der Waals surface area (Å²) < 4.78 is 21.0. The van der Waals surface area contributed by atoms with Gasteiger partial charge in [0.1, 0.15) is 12.4 Å². The Hall–Kier alpha value is -2.12. The molecule has 0 aromatic rings. The minimum Gasteiger partial charge on any atom is -0.392 e. The number of hydrogen-bond donors (Lipinski definition) is 6. The zero-order chi connectivity index (χ0) is 33.2. The fourth-order valence-electron chi connectivity index (χ4n) is 7.99. The molecule has 47 heavy (non-hydrogen) atoms. The van der Waals surface area contributed by atoms with Crippen molar-refractivity contribution in [1.82, 2.24) is 26.2 Å². The molecule has 3 amide bonds. The van der Waals surface area contributed by atoms with Gasteiger partial charge < -0.3 is 36.2 Å². The molecule has 12 heteroatoms. The first kappa shape index (κ1) is 36.2. The van der Waals surface area contributed by atoms with E-state index in [1.54, 1.807) is 6.21 Å². The number of hydrogen-bond acceptors (Lipinski definition) is 8. The summed E-state index contributed by atoms with van der Waals surface area (Å²) in [6.45, 7) is 4.80. The van der Waals surface area contributed by atoms with Gasteiger partial charge in [0.15, 0.2) is 0 Å². The quantitative estimate of drug-likeness (QED) is 0.147. The highest BCUT2D eigenvalue weighted by atomic mass is 19.1. The first-order valence-electron chi connectivity index (χ1n) is 18.4. The maximum absolute atomic E-state index is 14.5. The lowest BCUT2D eigenvalue weighted by Gasteiger charge is -2.33. The van der Waals surface area contributed by atoms with Crippen molar-refractivity contribution in [3.63, 3.8) is 0 Å². The number of halogens is 1. The number of urea groups is 1. The van der Waals surface area contributed by atoms with Gasteiger partial charge in [0, 0.05) is 37.6 Å². The summed E-state index contributed by atoms with van der Waals surface area (Å²) in [4.78, 5) is 32.1. The van der Waals surface area contributed by atoms with Gasteiger partial charge in [0.05, 0.1) is 36.3 Å². The average Bonchev–Trinajstić information content (AvgIpc) is 3.36. The second-order valence-corrected chi connectivity index (χ2v) is 14.7. The van der Waals surface area contributed by atoms with Crippen molar-refractivity contribution in [1.29, 1.82) is 0 Å². The van der Waals surface area contributed by atoms with Crippen molar-refractivity contribution in [2.24, 2.45) is 16.8 Å². The van der Waals surface area contributed by atoms with Crippen LogP contribution >= 0.6 is 0 Å². The van der Waals surface area contributed by atoms with Crippen LogP contribution in [0.4, 0.5) is 9.18 Å². The number of piperidine rings is 1. The standard InChI is InChI=1S/C35H59FN6O5/c1-23-5-2-7-29(36)31(19-23)41-35(46)40-25-9-11-27(12-10-25)47-28-13-14-30(37-17-15-28)32-20-24(21-39-32)34(45)38-16-3-8-33(44)42-18-4-6-26(43)22-42/h9,21,23-24,26-33,37,43-44H,2-8,10-20,22H2,1H3,(H,38,45)(H2,40,41,46). The van der Waals surface area contributed by atoms with Gasteiger partial charge in [-0.3, -0.25) is 14.7 Å². The normalized spacial score (nSPS) is 36.1. The van der Waals surface area contributed by atoms with E-state index in [0.29, 0.717) is 51.1 Å². The lowest BCUT2D eigenvalue weighted by molar-refractivity contribution is -0.123. The molecule has 3 fully saturated rings. The third kappa shape index (κ3) is 11.2. The largest absolute Gasteiger partial charge is 0.392 e. The maximum atomic E-state index is 14.5. The number of alkyl halides is 1. The second kappa shape index (κ2) is 18.0. The highest BCUT2D eigenvalue weighted by Crippen LogP contribution is 2.28. The van der Waals surface area contributed by atoms with Crippen LogP contribution in [-0.2, 0) is 9.53 Å². The number of ether oxygens (including phenoxy) is 1. The van der Waals surface area contributed by atoms with Crippen LogP contribution in [0.15, 0.2) is 16.8 Å². The summed E-state index contributed by atoms with van der Waals surface area (Å²) in [5, 5.41) is 32.8. The predicted octanol–water partition coefficient (Wildman–Crippen LogP) is 3.30. The lowest BCUT2D eigenvalue weighted by atomic mass is 9.95. The molecule has 6 N–H and O–H groups in total. The van der Waals surface area contributed by atoms with Crippen molar-refractivity contribution in [3.8, 4) is 0 Å². The number of rotatable bonds is 11. The lowest BCUT2D eigenvalue weighted by Crippen LogP contribution is -2.46. The van der Waals surface area contributed by atoms with Crippen molar-refractivity contribution >= 4 is 18.2 Å². The van der Waals surface area contributed by atoms with Crippen LogP contribution in [-0.4, -0.2) is 108 Å². The van der Waals surface area contributed by atoms with E-state index in [-0.39, 0.29) is 48.3 Å². The number of aliphatic imine (C=N–C) groups is 1. The summed E-state index contributed by atoms with van der Waals surface area (Å²) >= 11 is 0. The Labute approximate surface area is 279 Å². The number of carbonyl (C=O) groups is 2. The number of nitrogens with zero attached hydrogens (tertiary/aromatic N) is 2. The van der Waals surface area contributed by atoms with Gasteiger partial charge in [-0.2, -0.15) is 0 Å². The van der Waals surface area contributed by atoms with E-state index in [2.05, 4.69) is 34.3 Å². The smallest absolute Gasteiger partial charge is 0.319 e. The van der Waals surface area contributed by atoms with E-state index in [1.807, 2.05) is 4.90 Å². The van der Waals surface area contributed by atoms with Gasteiger partial charge in [0.25, 0.3) is 0 Å². The first-order valence-corrected chi connectivity index (χ1v) is 18.4. The molecular weight excluding hydrogens is 603 g/mol. The Kier molecular flexibility index (Phi) is 13.9. The minimum absolute atomic E-state index is 0.00342. The number of aliphatic hydroxyl groups excluding tert-OH is 2. The molecular formula is C35H59FN6O5. The number of nitrogens with one attached hydrogen (secondary N) is 4. The Bertz CT molecular complexity index is 1080. The van der Waals surface area contributed by atoms with Crippen LogP contribution in [0.5, 0.6) is 0 Å². The predicted molar refractivity (Wildman–Crippen MR) is 180 cm³/mol. The number of aliphatic hydroxyl groups is 2. The van der Waals surface area contributed by atoms with Crippen LogP contribution in [0.2, 0.25) is 0 Å². The monoisotopic (exact) mass is 662 g/mol. The Morgan fingerprint density at radius 1 is 1.13 bits per heavy atom. The Balaban J connectivity index is 0.954. The third-order valence-corrected chi connectivity index (χ3v) is 10.8. The molecule has 2 saturated heterocycles. The van der Waals surface area contributed by atoms with E-state index in [1.165, 1.54) is 0 Å². The summed E-state index contributed by atoms with van der Waals surface area (Å²) in [5.74, 6) is 0.185. The molecule has 3 aliphatic heterocycles. The summed E-state index contributed by atoms with van der Waals surface area (Å²) in [5.41, 5.74) is 0.885. The average molecular weight is 663 g/mol. The molecule has 0 bridgehead atoms. The van der Waals surface area contributed by atoms with Crippen molar-refractivity contribution in [2.75, 3.05) is 26.2 Å². The zero-order valence-electron chi connectivity index (χ0n) is 28.3. The van der Waals surface area contributed by atoms with E-state index in [4.69, 9.17) is 9.73 Å². The van der Waals surface area contributed by atoms with Crippen molar-refractivity contribution in [2.45, 2.75) is 152 Å². The number of β-amino-alcohol motifs (C(OH)–C–C–N with tert-alkyl or cyclic N) is 1. The van der Waals surface area contributed by atoms with E-state index < -0.39 is 18.4 Å². The molecule has 3 heterocycles. The van der Waals surface area contributed by atoms with E-state index >= 15 is 0 Å². The molecule has 11 nitrogen and oxygen atoms in total. The fourth-order valence-corrected chi connectivity index (χ4v) is 7.99. The Morgan fingerprint density at radius 2 is 2.00 bits per heavy atom. The summed E-state index contributed by atoms with van der Waals surface area (Å²) in [6, 6.07) is -0.439. The Morgan fingerprint density at radius 3 is 2.81 bits per heavy atom. The number of likely N-dealkylation sites (tertiary alicyclic amines) is 1. The van der Waals surface area contributed by atoms with Gasteiger partial charge in [-0.15, -0.1) is 0 Å². The molecule has 1 saturated carbocycles. The summed E-state index contributed by atoms with van der Waals surface area (Å²) in [7, 11) is 0. The number of carbonyl (C=O) groups excluding carboxylic acids is 2. The maximum Gasteiger partial charge on any atom is 0.319 e. The van der Waals surface area contributed by atoms with Crippen LogP contribution in [0.25, 0.3) is 0 Å². The fraction of sp³-hybridized carbons (Fsp3) is 0.857. The molecule has 0 aromatic carbocycles. The van der Waals surface area contributed by atoms with Gasteiger partial charge in [-0.1, -0.05) is 25.8 Å².